The molecule has 0 heterocycles. The summed E-state index contributed by atoms with van der Waals surface area (Å²) in [6.45, 7) is 0. The maximum absolute atomic E-state index is 8.52. The molecule has 8 nitrogen and oxygen atoms in total. The first-order valence-corrected chi connectivity index (χ1v) is 4.00. The molecule has 0 aromatic rings. The van der Waals surface area contributed by atoms with Crippen LogP contribution in [0, 0.1) is 0 Å². The molecule has 0 N–H and O–H groups in total. The Balaban J connectivity index is -0.00000000970. The minimum Gasteiger partial charge on any atom is -1.00 e. The molecule has 0 aliphatic rings. The number of halogens is 2. The normalized spacial score (nSPS) is 7.25. The van der Waals surface area contributed by atoms with Crippen molar-refractivity contribution in [2.24, 2.45) is 0 Å². The minimum absolute atomic E-state index is 0. The van der Waals surface area contributed by atoms with Crippen LogP contribution in [0.1, 0.15) is 0 Å². The summed E-state index contributed by atoms with van der Waals surface area (Å²) in [5.41, 5.74) is 0. The molecule has 0 fully saturated rings. The van der Waals surface area contributed by atoms with Gasteiger partial charge < -0.3 is 43.0 Å². The van der Waals surface area contributed by atoms with Gasteiger partial charge in [0.1, 0.15) is 0 Å². The zero-order valence-corrected chi connectivity index (χ0v) is 18.2. The molecule has 0 unspecified atom stereocenters. The third kappa shape index (κ3) is 342. The molecule has 0 bridgehead atoms. The molecule has 0 spiro atoms. The predicted molar refractivity (Wildman–Crippen MR) is 32.5 cm³/mol. The van der Waals surface area contributed by atoms with Crippen LogP contribution in [0.3, 0.4) is 0 Å². The fraction of sp³-hybridized carbons (Fsp3) is 0. The maximum Gasteiger partial charge on any atom is 2.00 e. The van der Waals surface area contributed by atoms with Crippen molar-refractivity contribution < 1.29 is 119 Å². The van der Waals surface area contributed by atoms with E-state index >= 15 is 0 Å². The Hall–Kier alpha value is 3.85. The first-order chi connectivity index (χ1) is 4.00. The molecule has 16 heavy (non-hydrogen) atoms. The van der Waals surface area contributed by atoms with E-state index in [2.05, 4.69) is 0 Å². The topological polar surface area (TPSA) is 161 Å². The van der Waals surface area contributed by atoms with Crippen LogP contribution in [0.25, 0.3) is 0 Å². The van der Waals surface area contributed by atoms with Crippen molar-refractivity contribution in [2.45, 2.75) is 0 Å². The van der Waals surface area contributed by atoms with Crippen molar-refractivity contribution in [1.82, 2.24) is 0 Å². The average molecular weight is 358 g/mol. The van der Waals surface area contributed by atoms with Crippen LogP contribution in [0.4, 0.5) is 0 Å². The van der Waals surface area contributed by atoms with Gasteiger partial charge in [-0.3, -0.25) is 16.8 Å². The Kier molecular flexibility index (Phi) is 75.1. The molecule has 0 amide bonds. The number of rotatable bonds is 0. The summed E-state index contributed by atoms with van der Waals surface area (Å²) in [6.07, 6.45) is 0. The van der Waals surface area contributed by atoms with E-state index in [9.17, 15) is 0 Å². The summed E-state index contributed by atoms with van der Waals surface area (Å²) in [7, 11) is -10.3. The van der Waals surface area contributed by atoms with E-state index < -0.39 is 20.8 Å². The quantitative estimate of drug-likeness (QED) is 0.234. The van der Waals surface area contributed by atoms with E-state index in [0.717, 1.165) is 0 Å². The van der Waals surface area contributed by atoms with Crippen molar-refractivity contribution in [2.75, 3.05) is 0 Å². The van der Waals surface area contributed by atoms with Crippen molar-refractivity contribution in [3.8, 4) is 0 Å². The van der Waals surface area contributed by atoms with Gasteiger partial charge in [0.15, 0.2) is 0 Å². The fourth-order valence-electron chi connectivity index (χ4n) is 0. The first-order valence-electron chi connectivity index (χ1n) is 1.33. The summed E-state index contributed by atoms with van der Waals surface area (Å²) in [6, 6.07) is 0. The van der Waals surface area contributed by atoms with Gasteiger partial charge >= 0.3 is 105 Å². The third-order valence-corrected chi connectivity index (χ3v) is 0. The fourth-order valence-corrected chi connectivity index (χ4v) is 0. The summed E-state index contributed by atoms with van der Waals surface area (Å²) in [5.74, 6) is 0. The molecular formula is Cl2Mg2Na2O8S2. The van der Waals surface area contributed by atoms with Crippen LogP contribution in [0.2, 0.25) is 0 Å². The summed E-state index contributed by atoms with van der Waals surface area (Å²) >= 11 is 0. The molecule has 0 aromatic heterocycles. The molecule has 0 saturated carbocycles. The van der Waals surface area contributed by atoms with Crippen molar-refractivity contribution >= 4 is 66.9 Å². The maximum atomic E-state index is 8.52. The van der Waals surface area contributed by atoms with Crippen LogP contribution in [0.5, 0.6) is 0 Å². The second kappa shape index (κ2) is 23.9. The van der Waals surface area contributed by atoms with Crippen LogP contribution in [-0.2, 0) is 20.8 Å². The molecule has 0 atom stereocenters. The smallest absolute Gasteiger partial charge is 1.00 e. The Morgan fingerprint density at radius 2 is 0.562 bits per heavy atom. The van der Waals surface area contributed by atoms with Gasteiger partial charge in [0.05, 0.1) is 0 Å². The molecule has 0 radical (unpaired) electrons. The molecule has 80 valence electrons. The molecule has 0 saturated heterocycles. The van der Waals surface area contributed by atoms with Gasteiger partial charge in [-0.1, -0.05) is 0 Å². The van der Waals surface area contributed by atoms with E-state index in [-0.39, 0.29) is 130 Å². The van der Waals surface area contributed by atoms with Crippen LogP contribution < -0.4 is 83.9 Å². The summed E-state index contributed by atoms with van der Waals surface area (Å²) < 4.78 is 68.2. The van der Waals surface area contributed by atoms with E-state index in [1.165, 1.54) is 0 Å². The van der Waals surface area contributed by atoms with Crippen LogP contribution in [0.15, 0.2) is 0 Å². The Labute approximate surface area is 182 Å². The molecule has 0 aliphatic carbocycles. The predicted octanol–water partition coefficient (Wildman–Crippen LogP) is -15.4. The zero-order valence-electron chi connectivity index (χ0n) is 8.25. The van der Waals surface area contributed by atoms with Crippen LogP contribution in [-0.4, -0.2) is 81.2 Å². The number of hydrogen-bond donors (Lipinski definition) is 0. The minimum atomic E-state index is -5.17. The summed E-state index contributed by atoms with van der Waals surface area (Å²) in [4.78, 5) is 0. The standard InChI is InChI=1S/2ClH.2Mg.2Na.2H2O4S/c;;;;;;2*1-5(2,3)4/h2*1H;;;;;2*(H2,1,2,3,4)/q;;2*+2;2*+1;;/p-6. The van der Waals surface area contributed by atoms with Crippen LogP contribution >= 0.6 is 0 Å². The summed E-state index contributed by atoms with van der Waals surface area (Å²) in [5, 5.41) is 0. The second-order valence-electron chi connectivity index (χ2n) is 0.816. The van der Waals surface area contributed by atoms with E-state index in [1.807, 2.05) is 0 Å². The Morgan fingerprint density at radius 1 is 0.562 bits per heavy atom. The average Bonchev–Trinajstić information content (AvgIpc) is 1.12. The van der Waals surface area contributed by atoms with Gasteiger partial charge in [-0.25, -0.2) is 0 Å². The second-order valence-corrected chi connectivity index (χ2v) is 2.45. The first kappa shape index (κ1) is 50.2. The van der Waals surface area contributed by atoms with Gasteiger partial charge in [0, 0.05) is 20.8 Å². The van der Waals surface area contributed by atoms with E-state index in [1.54, 1.807) is 0 Å². The Bertz CT molecular complexity index is 228. The molecule has 0 rings (SSSR count). The SMILES string of the molecule is O=S(=O)([O-])[O-].O=S(=O)([O-])[O-].[Cl-].[Cl-].[Mg+2].[Mg+2].[Na+].[Na+]. The van der Waals surface area contributed by atoms with Crippen molar-refractivity contribution in [1.29, 1.82) is 0 Å². The van der Waals surface area contributed by atoms with Gasteiger partial charge in [-0.05, 0) is 0 Å². The van der Waals surface area contributed by atoms with Crippen molar-refractivity contribution in [3.63, 3.8) is 0 Å². The van der Waals surface area contributed by atoms with Gasteiger partial charge in [-0.15, -0.1) is 0 Å². The molecular weight excluding hydrogens is 358 g/mol. The largest absolute Gasteiger partial charge is 2.00 e. The molecule has 16 heteroatoms. The monoisotopic (exact) mass is 356 g/mol. The van der Waals surface area contributed by atoms with E-state index in [4.69, 9.17) is 35.0 Å². The zero-order chi connectivity index (χ0) is 9.00. The van der Waals surface area contributed by atoms with Gasteiger partial charge in [0.25, 0.3) is 0 Å². The third-order valence-electron chi connectivity index (χ3n) is 0. The Morgan fingerprint density at radius 3 is 0.562 bits per heavy atom. The van der Waals surface area contributed by atoms with Gasteiger partial charge in [-0.2, -0.15) is 0 Å². The number of hydrogen-bond acceptors (Lipinski definition) is 8. The molecule has 0 aromatic carbocycles. The van der Waals surface area contributed by atoms with E-state index in [0.29, 0.717) is 0 Å². The van der Waals surface area contributed by atoms with Gasteiger partial charge in [0.2, 0.25) is 0 Å². The van der Waals surface area contributed by atoms with Crippen molar-refractivity contribution in [3.05, 3.63) is 0 Å². The molecule has 0 aliphatic heterocycles.